The number of nitro benzene ring substituents is 1. The maximum atomic E-state index is 11.7. The molecule has 1 aromatic heterocycles. The highest BCUT2D eigenvalue weighted by Gasteiger charge is 2.18. The van der Waals surface area contributed by atoms with E-state index in [0.29, 0.717) is 11.1 Å². The summed E-state index contributed by atoms with van der Waals surface area (Å²) in [6, 6.07) is 7.46. The van der Waals surface area contributed by atoms with Gasteiger partial charge in [-0.05, 0) is 36.8 Å². The molecule has 0 saturated carbocycles. The second-order valence-corrected chi connectivity index (χ2v) is 3.95. The first kappa shape index (κ1) is 13.7. The summed E-state index contributed by atoms with van der Waals surface area (Å²) in [6.07, 6.45) is 3.08. The average molecular weight is 272 g/mol. The number of ether oxygens (including phenoxy) is 1. The molecule has 6 heteroatoms. The van der Waals surface area contributed by atoms with Gasteiger partial charge in [0.2, 0.25) is 0 Å². The molecule has 2 rings (SSSR count). The standard InChI is InChI=1S/C14H12N2O4/c1-2-20-14(17)11-3-4-13(16(18)19)12(9-11)10-5-7-15-8-6-10/h3-9H,2H2,1H3. The highest BCUT2D eigenvalue weighted by molar-refractivity contribution is 5.92. The van der Waals surface area contributed by atoms with Crippen LogP contribution in [0.15, 0.2) is 42.7 Å². The molecule has 0 fully saturated rings. The number of pyridine rings is 1. The van der Waals surface area contributed by atoms with Gasteiger partial charge in [-0.25, -0.2) is 4.79 Å². The zero-order chi connectivity index (χ0) is 14.5. The van der Waals surface area contributed by atoms with Gasteiger partial charge in [0.15, 0.2) is 0 Å². The number of esters is 1. The van der Waals surface area contributed by atoms with Crippen molar-refractivity contribution in [1.82, 2.24) is 4.98 Å². The lowest BCUT2D eigenvalue weighted by Crippen LogP contribution is -2.05. The fourth-order valence-electron chi connectivity index (χ4n) is 1.80. The first-order valence-corrected chi connectivity index (χ1v) is 5.99. The summed E-state index contributed by atoms with van der Waals surface area (Å²) in [5, 5.41) is 11.1. The van der Waals surface area contributed by atoms with Crippen molar-refractivity contribution in [2.75, 3.05) is 6.61 Å². The van der Waals surface area contributed by atoms with Crippen molar-refractivity contribution in [2.45, 2.75) is 6.92 Å². The van der Waals surface area contributed by atoms with Crippen LogP contribution < -0.4 is 0 Å². The molecule has 0 spiro atoms. The molecular weight excluding hydrogens is 260 g/mol. The van der Waals surface area contributed by atoms with Crippen LogP contribution in [-0.2, 0) is 4.74 Å². The van der Waals surface area contributed by atoms with Crippen LogP contribution in [0.25, 0.3) is 11.1 Å². The van der Waals surface area contributed by atoms with Crippen LogP contribution in [0.3, 0.4) is 0 Å². The van der Waals surface area contributed by atoms with Gasteiger partial charge in [0.1, 0.15) is 0 Å². The molecule has 0 radical (unpaired) electrons. The number of nitrogens with zero attached hydrogens (tertiary/aromatic N) is 2. The molecule has 0 amide bonds. The fraction of sp³-hybridized carbons (Fsp3) is 0.143. The van der Waals surface area contributed by atoms with Crippen LogP contribution in [0.5, 0.6) is 0 Å². The molecule has 0 aliphatic carbocycles. The smallest absolute Gasteiger partial charge is 0.338 e. The van der Waals surface area contributed by atoms with Gasteiger partial charge in [-0.2, -0.15) is 0 Å². The first-order chi connectivity index (χ1) is 9.63. The molecule has 0 aliphatic heterocycles. The van der Waals surface area contributed by atoms with E-state index in [1.165, 1.54) is 30.6 Å². The Hall–Kier alpha value is -2.76. The Labute approximate surface area is 115 Å². The van der Waals surface area contributed by atoms with Gasteiger partial charge >= 0.3 is 5.97 Å². The number of carbonyl (C=O) groups excluding carboxylic acids is 1. The van der Waals surface area contributed by atoms with E-state index in [1.54, 1.807) is 19.1 Å². The van der Waals surface area contributed by atoms with Crippen molar-refractivity contribution in [3.8, 4) is 11.1 Å². The number of aromatic nitrogens is 1. The molecule has 20 heavy (non-hydrogen) atoms. The highest BCUT2D eigenvalue weighted by Crippen LogP contribution is 2.30. The minimum Gasteiger partial charge on any atom is -0.462 e. The minimum atomic E-state index is -0.502. The number of carbonyl (C=O) groups is 1. The molecule has 0 saturated heterocycles. The molecule has 0 N–H and O–H groups in total. The quantitative estimate of drug-likeness (QED) is 0.485. The summed E-state index contributed by atoms with van der Waals surface area (Å²) >= 11 is 0. The van der Waals surface area contributed by atoms with Gasteiger partial charge in [-0.3, -0.25) is 15.1 Å². The average Bonchev–Trinajstić information content (AvgIpc) is 2.47. The summed E-state index contributed by atoms with van der Waals surface area (Å²) in [5.74, 6) is -0.502. The zero-order valence-corrected chi connectivity index (χ0v) is 10.8. The van der Waals surface area contributed by atoms with Gasteiger partial charge in [-0.15, -0.1) is 0 Å². The molecule has 0 bridgehead atoms. The maximum Gasteiger partial charge on any atom is 0.338 e. The maximum absolute atomic E-state index is 11.7. The van der Waals surface area contributed by atoms with Crippen molar-refractivity contribution in [1.29, 1.82) is 0 Å². The lowest BCUT2D eigenvalue weighted by Gasteiger charge is -2.06. The van der Waals surface area contributed by atoms with E-state index in [9.17, 15) is 14.9 Å². The number of hydrogen-bond donors (Lipinski definition) is 0. The van der Waals surface area contributed by atoms with Gasteiger partial charge in [0.25, 0.3) is 5.69 Å². The van der Waals surface area contributed by atoms with E-state index in [2.05, 4.69) is 4.98 Å². The van der Waals surface area contributed by atoms with E-state index in [4.69, 9.17) is 4.74 Å². The molecule has 1 heterocycles. The predicted octanol–water partition coefficient (Wildman–Crippen LogP) is 2.83. The van der Waals surface area contributed by atoms with Gasteiger partial charge in [0.05, 0.1) is 22.7 Å². The third kappa shape index (κ3) is 2.80. The van der Waals surface area contributed by atoms with Crippen LogP contribution in [0.1, 0.15) is 17.3 Å². The number of rotatable bonds is 4. The Kier molecular flexibility index (Phi) is 4.05. The number of nitro groups is 1. The molecular formula is C14H12N2O4. The Morgan fingerprint density at radius 3 is 2.60 bits per heavy atom. The third-order valence-electron chi connectivity index (χ3n) is 2.70. The second-order valence-electron chi connectivity index (χ2n) is 3.95. The fourth-order valence-corrected chi connectivity index (χ4v) is 1.80. The monoisotopic (exact) mass is 272 g/mol. The lowest BCUT2D eigenvalue weighted by molar-refractivity contribution is -0.384. The third-order valence-corrected chi connectivity index (χ3v) is 2.70. The van der Waals surface area contributed by atoms with Gasteiger partial charge in [-0.1, -0.05) is 0 Å². The highest BCUT2D eigenvalue weighted by atomic mass is 16.6. The summed E-state index contributed by atoms with van der Waals surface area (Å²) in [4.78, 5) is 26.2. The van der Waals surface area contributed by atoms with E-state index in [-0.39, 0.29) is 17.9 Å². The Balaban J connectivity index is 2.54. The predicted molar refractivity (Wildman–Crippen MR) is 72.3 cm³/mol. The van der Waals surface area contributed by atoms with Crippen LogP contribution in [0.2, 0.25) is 0 Å². The van der Waals surface area contributed by atoms with Crippen LogP contribution >= 0.6 is 0 Å². The zero-order valence-electron chi connectivity index (χ0n) is 10.8. The normalized spacial score (nSPS) is 10.1. The molecule has 0 unspecified atom stereocenters. The Morgan fingerprint density at radius 2 is 2.00 bits per heavy atom. The Morgan fingerprint density at radius 1 is 1.30 bits per heavy atom. The van der Waals surface area contributed by atoms with E-state index >= 15 is 0 Å². The Bertz CT molecular complexity index is 641. The SMILES string of the molecule is CCOC(=O)c1ccc([N+](=O)[O-])c(-c2ccncc2)c1. The van der Waals surface area contributed by atoms with E-state index < -0.39 is 10.9 Å². The number of hydrogen-bond acceptors (Lipinski definition) is 5. The lowest BCUT2D eigenvalue weighted by atomic mass is 10.0. The summed E-state index contributed by atoms with van der Waals surface area (Å²) in [7, 11) is 0. The van der Waals surface area contributed by atoms with Crippen molar-refractivity contribution < 1.29 is 14.5 Å². The largest absolute Gasteiger partial charge is 0.462 e. The summed E-state index contributed by atoms with van der Waals surface area (Å²) in [6.45, 7) is 1.95. The summed E-state index contributed by atoms with van der Waals surface area (Å²) < 4.78 is 4.90. The van der Waals surface area contributed by atoms with E-state index in [0.717, 1.165) is 0 Å². The summed E-state index contributed by atoms with van der Waals surface area (Å²) in [5.41, 5.74) is 1.20. The first-order valence-electron chi connectivity index (χ1n) is 5.99. The van der Waals surface area contributed by atoms with Crippen molar-refractivity contribution >= 4 is 11.7 Å². The van der Waals surface area contributed by atoms with Crippen LogP contribution in [0.4, 0.5) is 5.69 Å². The topological polar surface area (TPSA) is 82.3 Å². The van der Waals surface area contributed by atoms with Crippen LogP contribution in [0, 0.1) is 10.1 Å². The molecule has 102 valence electrons. The van der Waals surface area contributed by atoms with Gasteiger partial charge in [0, 0.05) is 18.5 Å². The second kappa shape index (κ2) is 5.92. The number of benzene rings is 1. The van der Waals surface area contributed by atoms with E-state index in [1.807, 2.05) is 0 Å². The van der Waals surface area contributed by atoms with Crippen molar-refractivity contribution in [2.24, 2.45) is 0 Å². The van der Waals surface area contributed by atoms with Gasteiger partial charge < -0.3 is 4.74 Å². The molecule has 0 aliphatic rings. The van der Waals surface area contributed by atoms with Crippen LogP contribution in [-0.4, -0.2) is 22.5 Å². The minimum absolute atomic E-state index is 0.0655. The molecule has 2 aromatic rings. The van der Waals surface area contributed by atoms with Crippen molar-refractivity contribution in [3.63, 3.8) is 0 Å². The molecule has 6 nitrogen and oxygen atoms in total. The molecule has 0 atom stereocenters. The van der Waals surface area contributed by atoms with Crippen molar-refractivity contribution in [3.05, 3.63) is 58.4 Å². The molecule has 1 aromatic carbocycles.